The maximum atomic E-state index is 6.20. The summed E-state index contributed by atoms with van der Waals surface area (Å²) in [5, 5.41) is 0.860. The molecule has 0 amide bonds. The minimum absolute atomic E-state index is 0.154. The Hall–Kier alpha value is -0.280. The van der Waals surface area contributed by atoms with E-state index in [1.165, 1.54) is 31.8 Å². The smallest absolute Gasteiger partial charge is 0.156 e. The molecule has 0 heterocycles. The minimum atomic E-state index is 0.154. The molecule has 0 unspecified atom stereocenters. The first-order valence-corrected chi connectivity index (χ1v) is 9.31. The van der Waals surface area contributed by atoms with Gasteiger partial charge in [-0.1, -0.05) is 85.4 Å². The van der Waals surface area contributed by atoms with Crippen LogP contribution < -0.4 is 9.47 Å². The molecule has 2 nitrogen and oxygen atoms in total. The lowest BCUT2D eigenvalue weighted by Crippen LogP contribution is -2.00. The Morgan fingerprint density at radius 1 is 0.957 bits per heavy atom. The SMILES string of the molecule is CCCCCCCCOc1c(Cl)cc(OCC=C(Cl)Cl)cc1Cl. The van der Waals surface area contributed by atoms with Gasteiger partial charge in [-0.2, -0.15) is 0 Å². The Labute approximate surface area is 158 Å². The van der Waals surface area contributed by atoms with Gasteiger partial charge in [0.1, 0.15) is 16.8 Å². The number of benzene rings is 1. The van der Waals surface area contributed by atoms with Crippen molar-refractivity contribution in [1.82, 2.24) is 0 Å². The van der Waals surface area contributed by atoms with Crippen molar-refractivity contribution in [2.24, 2.45) is 0 Å². The van der Waals surface area contributed by atoms with Gasteiger partial charge < -0.3 is 9.47 Å². The summed E-state index contributed by atoms with van der Waals surface area (Å²) >= 11 is 23.4. The fraction of sp³-hybridized carbons (Fsp3) is 0.529. The lowest BCUT2D eigenvalue weighted by atomic mass is 10.1. The van der Waals surface area contributed by atoms with E-state index in [-0.39, 0.29) is 11.1 Å². The number of hydrogen-bond acceptors (Lipinski definition) is 2. The van der Waals surface area contributed by atoms with Crippen molar-refractivity contribution >= 4 is 46.4 Å². The second-order valence-electron chi connectivity index (χ2n) is 5.14. The summed E-state index contributed by atoms with van der Waals surface area (Å²) in [6.07, 6.45) is 8.75. The first-order valence-electron chi connectivity index (χ1n) is 7.80. The normalized spacial score (nSPS) is 10.5. The molecule has 1 rings (SSSR count). The maximum absolute atomic E-state index is 6.20. The van der Waals surface area contributed by atoms with Gasteiger partial charge in [0.15, 0.2) is 5.75 Å². The Morgan fingerprint density at radius 2 is 1.57 bits per heavy atom. The van der Waals surface area contributed by atoms with Crippen molar-refractivity contribution in [3.8, 4) is 11.5 Å². The van der Waals surface area contributed by atoms with E-state index in [9.17, 15) is 0 Å². The lowest BCUT2D eigenvalue weighted by molar-refractivity contribution is 0.303. The summed E-state index contributed by atoms with van der Waals surface area (Å²) < 4.78 is 11.3. The van der Waals surface area contributed by atoms with Gasteiger partial charge in [0.05, 0.1) is 16.7 Å². The van der Waals surface area contributed by atoms with Crippen LogP contribution in [-0.2, 0) is 0 Å². The summed E-state index contributed by atoms with van der Waals surface area (Å²) in [6, 6.07) is 3.33. The zero-order valence-electron chi connectivity index (χ0n) is 13.2. The first kappa shape index (κ1) is 20.8. The van der Waals surface area contributed by atoms with E-state index in [0.29, 0.717) is 28.2 Å². The maximum Gasteiger partial charge on any atom is 0.156 e. The van der Waals surface area contributed by atoms with E-state index in [4.69, 9.17) is 55.9 Å². The highest BCUT2D eigenvalue weighted by Crippen LogP contribution is 2.37. The largest absolute Gasteiger partial charge is 0.490 e. The van der Waals surface area contributed by atoms with E-state index in [2.05, 4.69) is 6.92 Å². The fourth-order valence-electron chi connectivity index (χ4n) is 2.02. The molecular weight excluding hydrogens is 378 g/mol. The molecule has 0 bridgehead atoms. The highest BCUT2D eigenvalue weighted by atomic mass is 35.5. The van der Waals surface area contributed by atoms with Crippen molar-refractivity contribution < 1.29 is 9.47 Å². The van der Waals surface area contributed by atoms with Crippen LogP contribution in [-0.4, -0.2) is 13.2 Å². The van der Waals surface area contributed by atoms with Crippen LogP contribution in [0.4, 0.5) is 0 Å². The van der Waals surface area contributed by atoms with Crippen LogP contribution in [0.2, 0.25) is 10.0 Å². The van der Waals surface area contributed by atoms with Crippen molar-refractivity contribution in [2.75, 3.05) is 13.2 Å². The minimum Gasteiger partial charge on any atom is -0.490 e. The van der Waals surface area contributed by atoms with Gasteiger partial charge in [0.25, 0.3) is 0 Å². The summed E-state index contributed by atoms with van der Waals surface area (Å²) in [6.45, 7) is 3.06. The third kappa shape index (κ3) is 8.95. The number of halogens is 4. The quantitative estimate of drug-likeness (QED) is 0.360. The molecule has 23 heavy (non-hydrogen) atoms. The molecule has 6 heteroatoms. The summed E-state index contributed by atoms with van der Waals surface area (Å²) in [5.74, 6) is 1.04. The van der Waals surface area contributed by atoms with Gasteiger partial charge in [-0.05, 0) is 12.5 Å². The Morgan fingerprint density at radius 3 is 2.17 bits per heavy atom. The molecular formula is C17H22Cl4O2. The summed E-state index contributed by atoms with van der Waals surface area (Å²) in [4.78, 5) is 0. The second-order valence-corrected chi connectivity index (χ2v) is 6.96. The molecule has 0 saturated carbocycles. The first-order chi connectivity index (χ1) is 11.0. The third-order valence-corrected chi connectivity index (χ3v) is 4.07. The lowest BCUT2D eigenvalue weighted by Gasteiger charge is -2.12. The van der Waals surface area contributed by atoms with Gasteiger partial charge >= 0.3 is 0 Å². The van der Waals surface area contributed by atoms with Gasteiger partial charge in [-0.15, -0.1) is 0 Å². The summed E-state index contributed by atoms with van der Waals surface area (Å²) in [5.41, 5.74) is 0. The Kier molecular flexibility index (Phi) is 11.0. The van der Waals surface area contributed by atoms with E-state index < -0.39 is 0 Å². The van der Waals surface area contributed by atoms with E-state index in [1.807, 2.05) is 0 Å². The Balaban J connectivity index is 2.42. The molecule has 0 N–H and O–H groups in total. The zero-order valence-corrected chi connectivity index (χ0v) is 16.2. The molecule has 1 aromatic carbocycles. The van der Waals surface area contributed by atoms with E-state index >= 15 is 0 Å². The van der Waals surface area contributed by atoms with Crippen molar-refractivity contribution in [2.45, 2.75) is 45.4 Å². The molecule has 0 spiro atoms. The Bertz CT molecular complexity index is 476. The van der Waals surface area contributed by atoms with Crippen LogP contribution in [0.5, 0.6) is 11.5 Å². The van der Waals surface area contributed by atoms with Gasteiger partial charge in [-0.25, -0.2) is 0 Å². The van der Waals surface area contributed by atoms with Crippen molar-refractivity contribution in [1.29, 1.82) is 0 Å². The van der Waals surface area contributed by atoms with Crippen molar-refractivity contribution in [3.05, 3.63) is 32.7 Å². The molecule has 0 aromatic heterocycles. The molecule has 1 aromatic rings. The van der Waals surface area contributed by atoms with Gasteiger partial charge in [0, 0.05) is 12.1 Å². The number of hydrogen-bond donors (Lipinski definition) is 0. The molecule has 0 aliphatic carbocycles. The van der Waals surface area contributed by atoms with E-state index in [0.717, 1.165) is 12.8 Å². The van der Waals surface area contributed by atoms with Gasteiger partial charge in [0.2, 0.25) is 0 Å². The van der Waals surface area contributed by atoms with Crippen LogP contribution in [0, 0.1) is 0 Å². The molecule has 0 radical (unpaired) electrons. The van der Waals surface area contributed by atoms with Gasteiger partial charge in [-0.3, -0.25) is 0 Å². The number of unbranched alkanes of at least 4 members (excludes halogenated alkanes) is 5. The second kappa shape index (κ2) is 12.1. The summed E-state index contributed by atoms with van der Waals surface area (Å²) in [7, 11) is 0. The van der Waals surface area contributed by atoms with Crippen LogP contribution in [0.15, 0.2) is 22.7 Å². The molecule has 0 fully saturated rings. The van der Waals surface area contributed by atoms with Crippen LogP contribution in [0.25, 0.3) is 0 Å². The molecule has 130 valence electrons. The fourth-order valence-corrected chi connectivity index (χ4v) is 2.72. The monoisotopic (exact) mass is 398 g/mol. The van der Waals surface area contributed by atoms with Crippen LogP contribution >= 0.6 is 46.4 Å². The number of rotatable bonds is 11. The average molecular weight is 400 g/mol. The molecule has 0 saturated heterocycles. The predicted octanol–water partition coefficient (Wildman–Crippen LogP) is 7.43. The van der Waals surface area contributed by atoms with Crippen LogP contribution in [0.1, 0.15) is 45.4 Å². The topological polar surface area (TPSA) is 18.5 Å². The van der Waals surface area contributed by atoms with Crippen molar-refractivity contribution in [3.63, 3.8) is 0 Å². The zero-order chi connectivity index (χ0) is 17.1. The van der Waals surface area contributed by atoms with E-state index in [1.54, 1.807) is 12.1 Å². The number of ether oxygens (including phenoxy) is 2. The highest BCUT2D eigenvalue weighted by Gasteiger charge is 2.10. The molecule has 0 atom stereocenters. The average Bonchev–Trinajstić information content (AvgIpc) is 2.48. The molecule has 0 aliphatic rings. The highest BCUT2D eigenvalue weighted by molar-refractivity contribution is 6.55. The third-order valence-electron chi connectivity index (χ3n) is 3.20. The standard InChI is InChI=1S/C17H22Cl4O2/c1-2-3-4-5-6-7-9-23-17-14(18)11-13(12-15(17)19)22-10-8-16(20)21/h8,11-12H,2-7,9-10H2,1H3. The molecule has 0 aliphatic heterocycles. The van der Waals surface area contributed by atoms with Crippen LogP contribution in [0.3, 0.4) is 0 Å². The predicted molar refractivity (Wildman–Crippen MR) is 101 cm³/mol.